The van der Waals surface area contributed by atoms with Gasteiger partial charge in [-0.15, -0.1) is 0 Å². The number of likely N-dealkylation sites (tertiary alicyclic amines) is 1. The monoisotopic (exact) mass is 293 g/mol. The summed E-state index contributed by atoms with van der Waals surface area (Å²) < 4.78 is 2.02. The summed E-state index contributed by atoms with van der Waals surface area (Å²) in [4.78, 5) is 14.3. The van der Waals surface area contributed by atoms with Gasteiger partial charge in [0.05, 0.1) is 12.1 Å². The normalized spacial score (nSPS) is 18.8. The van der Waals surface area contributed by atoms with E-state index in [1.54, 1.807) is 0 Å². The highest BCUT2D eigenvalue weighted by atomic mass is 16.3. The van der Waals surface area contributed by atoms with Crippen LogP contribution in [-0.2, 0) is 17.8 Å². The van der Waals surface area contributed by atoms with E-state index in [0.717, 1.165) is 36.5 Å². The van der Waals surface area contributed by atoms with Gasteiger partial charge in [-0.2, -0.15) is 5.10 Å². The molecule has 1 amide bonds. The number of aliphatic hydroxyl groups excluding tert-OH is 1. The van der Waals surface area contributed by atoms with Crippen LogP contribution in [0.5, 0.6) is 0 Å². The minimum absolute atomic E-state index is 0.154. The van der Waals surface area contributed by atoms with Gasteiger partial charge in [-0.25, -0.2) is 0 Å². The number of amides is 1. The molecule has 0 aliphatic carbocycles. The summed E-state index contributed by atoms with van der Waals surface area (Å²) in [5.41, 5.74) is 3.12. The Morgan fingerprint density at radius 2 is 2.14 bits per heavy atom. The van der Waals surface area contributed by atoms with Crippen LogP contribution in [0.25, 0.3) is 0 Å². The summed E-state index contributed by atoms with van der Waals surface area (Å²) in [7, 11) is 0. The molecule has 1 aliphatic rings. The lowest BCUT2D eigenvalue weighted by atomic mass is 10.1. The van der Waals surface area contributed by atoms with Crippen molar-refractivity contribution in [3.8, 4) is 0 Å². The smallest absolute Gasteiger partial charge is 0.227 e. The molecule has 0 radical (unpaired) electrons. The summed E-state index contributed by atoms with van der Waals surface area (Å²) in [6, 6.07) is 0. The fraction of sp³-hybridized carbons (Fsp3) is 0.750. The number of carbonyl (C=O) groups is 1. The van der Waals surface area contributed by atoms with Crippen molar-refractivity contribution in [2.75, 3.05) is 19.7 Å². The minimum atomic E-state index is 0.154. The lowest BCUT2D eigenvalue weighted by Gasteiger charge is -2.16. The number of carbonyl (C=O) groups excluding carboxylic acids is 1. The molecule has 5 nitrogen and oxygen atoms in total. The van der Waals surface area contributed by atoms with E-state index in [9.17, 15) is 9.90 Å². The Morgan fingerprint density at radius 3 is 2.71 bits per heavy atom. The van der Waals surface area contributed by atoms with Crippen LogP contribution in [0.4, 0.5) is 0 Å². The Morgan fingerprint density at radius 1 is 1.43 bits per heavy atom. The number of hydrogen-bond acceptors (Lipinski definition) is 3. The molecule has 0 bridgehead atoms. The van der Waals surface area contributed by atoms with Crippen LogP contribution in [0.15, 0.2) is 0 Å². The van der Waals surface area contributed by atoms with Crippen LogP contribution in [0, 0.1) is 25.7 Å². The standard InChI is InChI=1S/C16H27N3O2/c1-11(2)8-19-13(4)15(12(3)17-19)7-16(21)18-6-5-14(9-18)10-20/h11,14,20H,5-10H2,1-4H3. The van der Waals surface area contributed by atoms with Gasteiger partial charge in [0.25, 0.3) is 0 Å². The van der Waals surface area contributed by atoms with Crippen LogP contribution in [0.2, 0.25) is 0 Å². The molecule has 1 aromatic heterocycles. The maximum Gasteiger partial charge on any atom is 0.227 e. The molecule has 2 heterocycles. The second-order valence-electron chi connectivity index (χ2n) is 6.58. The van der Waals surface area contributed by atoms with Crippen molar-refractivity contribution < 1.29 is 9.90 Å². The quantitative estimate of drug-likeness (QED) is 0.896. The molecule has 5 heteroatoms. The zero-order chi connectivity index (χ0) is 15.6. The lowest BCUT2D eigenvalue weighted by Crippen LogP contribution is -2.30. The van der Waals surface area contributed by atoms with Crippen LogP contribution < -0.4 is 0 Å². The van der Waals surface area contributed by atoms with Gasteiger partial charge in [-0.3, -0.25) is 9.48 Å². The zero-order valence-electron chi connectivity index (χ0n) is 13.6. The first-order chi connectivity index (χ1) is 9.92. The van der Waals surface area contributed by atoms with Crippen molar-refractivity contribution in [3.05, 3.63) is 17.0 Å². The predicted molar refractivity (Wildman–Crippen MR) is 82.0 cm³/mol. The number of aryl methyl sites for hydroxylation is 1. The third-order valence-electron chi connectivity index (χ3n) is 4.29. The first-order valence-corrected chi connectivity index (χ1v) is 7.83. The highest BCUT2D eigenvalue weighted by Crippen LogP contribution is 2.20. The van der Waals surface area contributed by atoms with E-state index >= 15 is 0 Å². The van der Waals surface area contributed by atoms with E-state index in [1.165, 1.54) is 0 Å². The summed E-state index contributed by atoms with van der Waals surface area (Å²) >= 11 is 0. The van der Waals surface area contributed by atoms with Crippen LogP contribution in [0.3, 0.4) is 0 Å². The molecule has 2 rings (SSSR count). The molecule has 1 aliphatic heterocycles. The van der Waals surface area contributed by atoms with Gasteiger partial charge in [-0.05, 0) is 26.2 Å². The maximum atomic E-state index is 12.4. The third-order valence-corrected chi connectivity index (χ3v) is 4.29. The van der Waals surface area contributed by atoms with E-state index < -0.39 is 0 Å². The van der Waals surface area contributed by atoms with Gasteiger partial charge >= 0.3 is 0 Å². The molecule has 0 spiro atoms. The molecule has 0 aromatic carbocycles. The topological polar surface area (TPSA) is 58.4 Å². The number of nitrogens with zero attached hydrogens (tertiary/aromatic N) is 3. The minimum Gasteiger partial charge on any atom is -0.396 e. The molecule has 0 saturated carbocycles. The van der Waals surface area contributed by atoms with Gasteiger partial charge < -0.3 is 10.0 Å². The van der Waals surface area contributed by atoms with Crippen molar-refractivity contribution >= 4 is 5.91 Å². The van der Waals surface area contributed by atoms with Crippen molar-refractivity contribution in [1.29, 1.82) is 0 Å². The second-order valence-corrected chi connectivity index (χ2v) is 6.58. The van der Waals surface area contributed by atoms with Crippen molar-refractivity contribution in [2.24, 2.45) is 11.8 Å². The summed E-state index contributed by atoms with van der Waals surface area (Å²) in [5.74, 6) is 0.941. The third kappa shape index (κ3) is 3.64. The molecular weight excluding hydrogens is 266 g/mol. The number of rotatable bonds is 5. The van der Waals surface area contributed by atoms with E-state index in [0.29, 0.717) is 18.9 Å². The first kappa shape index (κ1) is 16.0. The van der Waals surface area contributed by atoms with E-state index in [-0.39, 0.29) is 18.4 Å². The van der Waals surface area contributed by atoms with Gasteiger partial charge in [0.1, 0.15) is 0 Å². The van der Waals surface area contributed by atoms with Crippen LogP contribution in [0.1, 0.15) is 37.2 Å². The largest absolute Gasteiger partial charge is 0.396 e. The molecule has 1 aromatic rings. The van der Waals surface area contributed by atoms with Gasteiger partial charge in [-0.1, -0.05) is 13.8 Å². The van der Waals surface area contributed by atoms with Crippen molar-refractivity contribution in [2.45, 2.75) is 47.1 Å². The van der Waals surface area contributed by atoms with E-state index in [2.05, 4.69) is 18.9 Å². The fourth-order valence-corrected chi connectivity index (χ4v) is 2.98. The summed E-state index contributed by atoms with van der Waals surface area (Å²) in [6.45, 7) is 10.9. The Labute approximate surface area is 126 Å². The van der Waals surface area contributed by atoms with Gasteiger partial charge in [0.2, 0.25) is 5.91 Å². The van der Waals surface area contributed by atoms with Gasteiger partial charge in [0, 0.05) is 43.4 Å². The molecule has 1 fully saturated rings. The Kier molecular flexibility index (Phi) is 5.04. The van der Waals surface area contributed by atoms with Crippen molar-refractivity contribution in [3.63, 3.8) is 0 Å². The Bertz CT molecular complexity index is 508. The Balaban J connectivity index is 2.06. The van der Waals surface area contributed by atoms with Crippen molar-refractivity contribution in [1.82, 2.24) is 14.7 Å². The SMILES string of the molecule is Cc1nn(CC(C)C)c(C)c1CC(=O)N1CCC(CO)C1. The molecule has 1 unspecified atom stereocenters. The predicted octanol–water partition coefficient (Wildman–Crippen LogP) is 1.54. The van der Waals surface area contributed by atoms with Gasteiger partial charge in [0.15, 0.2) is 0 Å². The number of aliphatic hydroxyl groups is 1. The van der Waals surface area contributed by atoms with E-state index in [1.807, 2.05) is 23.4 Å². The zero-order valence-corrected chi connectivity index (χ0v) is 13.6. The second kappa shape index (κ2) is 6.60. The maximum absolute atomic E-state index is 12.4. The average Bonchev–Trinajstić information content (AvgIpc) is 2.99. The van der Waals surface area contributed by atoms with Crippen LogP contribution in [-0.4, -0.2) is 45.4 Å². The first-order valence-electron chi connectivity index (χ1n) is 7.83. The fourth-order valence-electron chi connectivity index (χ4n) is 2.98. The highest BCUT2D eigenvalue weighted by molar-refractivity contribution is 5.79. The van der Waals surface area contributed by atoms with E-state index in [4.69, 9.17) is 0 Å². The van der Waals surface area contributed by atoms with Crippen LogP contribution >= 0.6 is 0 Å². The highest BCUT2D eigenvalue weighted by Gasteiger charge is 2.27. The Hall–Kier alpha value is -1.36. The molecule has 118 valence electrons. The number of aromatic nitrogens is 2. The molecule has 21 heavy (non-hydrogen) atoms. The lowest BCUT2D eigenvalue weighted by molar-refractivity contribution is -0.129. The number of hydrogen-bond donors (Lipinski definition) is 1. The molecule has 1 saturated heterocycles. The molecular formula is C16H27N3O2. The average molecular weight is 293 g/mol. The molecule has 1 atom stereocenters. The molecule has 1 N–H and O–H groups in total. The summed E-state index contributed by atoms with van der Waals surface area (Å²) in [5, 5.41) is 13.7. The summed E-state index contributed by atoms with van der Waals surface area (Å²) in [6.07, 6.45) is 1.33.